The summed E-state index contributed by atoms with van der Waals surface area (Å²) in [5.41, 5.74) is 1.71. The fourth-order valence-electron chi connectivity index (χ4n) is 4.32. The van der Waals surface area contributed by atoms with Gasteiger partial charge in [-0.1, -0.05) is 32.4 Å². The van der Waals surface area contributed by atoms with Gasteiger partial charge in [-0.05, 0) is 37.3 Å². The molecule has 2 N–H and O–H groups in total. The summed E-state index contributed by atoms with van der Waals surface area (Å²) in [5, 5.41) is 11.2. The fourth-order valence-corrected chi connectivity index (χ4v) is 4.32. The van der Waals surface area contributed by atoms with Gasteiger partial charge in [0.05, 0.1) is 33.9 Å². The van der Waals surface area contributed by atoms with Gasteiger partial charge < -0.3 is 14.5 Å². The number of Topliss-reactive ketones (excluding diaryl/α,β-unsaturated/α-hetero) is 1. The number of carbonyl (C=O) groups excluding carboxylic acids is 2. The number of amides is 1. The van der Waals surface area contributed by atoms with Crippen molar-refractivity contribution in [2.45, 2.75) is 33.7 Å². The monoisotopic (exact) mass is 457 g/mol. The molecule has 3 heterocycles. The molecule has 1 aliphatic heterocycles. The molecule has 34 heavy (non-hydrogen) atoms. The molecule has 8 nitrogen and oxygen atoms in total. The van der Waals surface area contributed by atoms with E-state index in [2.05, 4.69) is 9.97 Å². The van der Waals surface area contributed by atoms with Crippen LogP contribution in [0.1, 0.15) is 37.9 Å². The van der Waals surface area contributed by atoms with Crippen LogP contribution in [-0.2, 0) is 9.59 Å². The van der Waals surface area contributed by atoms with Gasteiger partial charge in [-0.15, -0.1) is 0 Å². The zero-order chi connectivity index (χ0) is 24.4. The van der Waals surface area contributed by atoms with Gasteiger partial charge in [-0.3, -0.25) is 19.3 Å². The van der Waals surface area contributed by atoms with E-state index in [0.717, 1.165) is 5.56 Å². The lowest BCUT2D eigenvalue weighted by molar-refractivity contribution is -0.123. The predicted molar refractivity (Wildman–Crippen MR) is 128 cm³/mol. The molecule has 2 aromatic carbocycles. The summed E-state index contributed by atoms with van der Waals surface area (Å²) in [5.74, 6) is -1.87. The molecule has 2 aromatic heterocycles. The number of hydrogen-bond donors (Lipinski definition) is 2. The summed E-state index contributed by atoms with van der Waals surface area (Å²) in [7, 11) is 0. The van der Waals surface area contributed by atoms with E-state index in [1.54, 1.807) is 51.1 Å². The molecule has 0 radical (unpaired) electrons. The number of H-pyrrole nitrogens is 1. The maximum Gasteiger partial charge on any atom is 0.294 e. The normalized spacial score (nSPS) is 16.8. The quantitative estimate of drug-likeness (QED) is 0.468. The fraction of sp³-hybridized carbons (Fsp3) is 0.231. The molecule has 1 atom stereocenters. The van der Waals surface area contributed by atoms with E-state index in [-0.39, 0.29) is 16.6 Å². The number of fused-ring (bicyclic) bond motifs is 2. The highest BCUT2D eigenvalue weighted by Crippen LogP contribution is 2.43. The Hall–Kier alpha value is -4.20. The molecule has 5 rings (SSSR count). The highest BCUT2D eigenvalue weighted by atomic mass is 16.3. The van der Waals surface area contributed by atoms with Gasteiger partial charge in [0.25, 0.3) is 5.91 Å². The highest BCUT2D eigenvalue weighted by Gasteiger charge is 2.48. The molecule has 1 amide bonds. The first-order chi connectivity index (χ1) is 16.1. The van der Waals surface area contributed by atoms with Gasteiger partial charge in [0.1, 0.15) is 17.9 Å². The second-order valence-corrected chi connectivity index (χ2v) is 9.54. The summed E-state index contributed by atoms with van der Waals surface area (Å²) in [6.07, 6.45) is 2.80. The van der Waals surface area contributed by atoms with E-state index < -0.39 is 28.9 Å². The summed E-state index contributed by atoms with van der Waals surface area (Å²) in [4.78, 5) is 48.8. The first-order valence-corrected chi connectivity index (χ1v) is 10.8. The molecular weight excluding hydrogens is 434 g/mol. The third kappa shape index (κ3) is 3.22. The molecule has 0 aliphatic carbocycles. The molecule has 1 aliphatic rings. The Morgan fingerprint density at radius 1 is 1.15 bits per heavy atom. The Balaban J connectivity index is 1.78. The number of nitrogens with one attached hydrogen (secondary N) is 1. The van der Waals surface area contributed by atoms with Crippen LogP contribution >= 0.6 is 0 Å². The summed E-state index contributed by atoms with van der Waals surface area (Å²) < 4.78 is 5.75. The molecule has 172 valence electrons. The lowest BCUT2D eigenvalue weighted by Gasteiger charge is -2.28. The minimum absolute atomic E-state index is 0.0906. The number of imidazole rings is 1. The highest BCUT2D eigenvalue weighted by molar-refractivity contribution is 6.17. The molecule has 8 heteroatoms. The zero-order valence-corrected chi connectivity index (χ0v) is 19.2. The first-order valence-electron chi connectivity index (χ1n) is 10.8. The van der Waals surface area contributed by atoms with Crippen LogP contribution in [0.15, 0.2) is 69.5 Å². The standard InChI is InChI=1S/C26H23N3O5/c1-13-5-8-19-15(9-13)22(30)16(11-34-19)21-20(24(32)26(2,3)4)23(31)25(33)29(21)14-6-7-17-18(10-14)28-12-27-17/h5-12,21,31H,1-4H3,(H,27,28). The number of benzene rings is 2. The van der Waals surface area contributed by atoms with Gasteiger partial charge in [0.15, 0.2) is 17.0 Å². The van der Waals surface area contributed by atoms with Crippen molar-refractivity contribution in [2.24, 2.45) is 5.41 Å². The topological polar surface area (TPSA) is 116 Å². The maximum absolute atomic E-state index is 13.6. The molecule has 1 unspecified atom stereocenters. The first kappa shape index (κ1) is 21.6. The molecule has 0 saturated carbocycles. The van der Waals surface area contributed by atoms with Crippen molar-refractivity contribution in [3.05, 3.63) is 81.7 Å². The van der Waals surface area contributed by atoms with Crippen LogP contribution in [-0.4, -0.2) is 26.8 Å². The van der Waals surface area contributed by atoms with Crippen molar-refractivity contribution >= 4 is 39.4 Å². The second kappa shape index (κ2) is 7.41. The Labute approximate surface area is 194 Å². The van der Waals surface area contributed by atoms with Crippen molar-refractivity contribution in [3.63, 3.8) is 0 Å². The number of nitrogens with zero attached hydrogens (tertiary/aromatic N) is 2. The van der Waals surface area contributed by atoms with Crippen molar-refractivity contribution in [2.75, 3.05) is 4.90 Å². The third-order valence-electron chi connectivity index (χ3n) is 6.07. The lowest BCUT2D eigenvalue weighted by atomic mass is 9.82. The summed E-state index contributed by atoms with van der Waals surface area (Å²) in [6, 6.07) is 9.16. The minimum atomic E-state index is -1.15. The Kier molecular flexibility index (Phi) is 4.72. The van der Waals surface area contributed by atoms with E-state index >= 15 is 0 Å². The average Bonchev–Trinajstić information content (AvgIpc) is 3.35. The number of carbonyl (C=O) groups is 2. The number of aryl methyl sites for hydroxylation is 1. The second-order valence-electron chi connectivity index (χ2n) is 9.54. The van der Waals surface area contributed by atoms with E-state index in [1.165, 1.54) is 17.5 Å². The van der Waals surface area contributed by atoms with E-state index in [4.69, 9.17) is 4.42 Å². The smallest absolute Gasteiger partial charge is 0.294 e. The van der Waals surface area contributed by atoms with Crippen molar-refractivity contribution in [1.29, 1.82) is 0 Å². The largest absolute Gasteiger partial charge is 0.503 e. The Bertz CT molecular complexity index is 1590. The molecular formula is C26H23N3O5. The zero-order valence-electron chi connectivity index (χ0n) is 19.2. The van der Waals surface area contributed by atoms with Crippen molar-refractivity contribution < 1.29 is 19.1 Å². The van der Waals surface area contributed by atoms with Crippen LogP contribution in [0.5, 0.6) is 0 Å². The van der Waals surface area contributed by atoms with E-state index in [9.17, 15) is 19.5 Å². The number of aliphatic hydroxyl groups excluding tert-OH is 1. The number of anilines is 1. The molecule has 0 saturated heterocycles. The third-order valence-corrected chi connectivity index (χ3v) is 6.07. The number of rotatable bonds is 3. The van der Waals surface area contributed by atoms with Gasteiger partial charge in [0, 0.05) is 11.1 Å². The number of hydrogen-bond acceptors (Lipinski definition) is 6. The van der Waals surface area contributed by atoms with Crippen LogP contribution in [0.4, 0.5) is 5.69 Å². The number of aromatic amines is 1. The summed E-state index contributed by atoms with van der Waals surface area (Å²) in [6.45, 7) is 6.95. The Morgan fingerprint density at radius 2 is 1.91 bits per heavy atom. The lowest BCUT2D eigenvalue weighted by Crippen LogP contribution is -2.35. The summed E-state index contributed by atoms with van der Waals surface area (Å²) >= 11 is 0. The van der Waals surface area contributed by atoms with Crippen molar-refractivity contribution in [1.82, 2.24) is 9.97 Å². The predicted octanol–water partition coefficient (Wildman–Crippen LogP) is 4.49. The minimum Gasteiger partial charge on any atom is -0.503 e. The van der Waals surface area contributed by atoms with Crippen LogP contribution in [0.25, 0.3) is 22.0 Å². The van der Waals surface area contributed by atoms with E-state index in [1.807, 2.05) is 13.0 Å². The van der Waals surface area contributed by atoms with Gasteiger partial charge in [0.2, 0.25) is 0 Å². The van der Waals surface area contributed by atoms with Crippen LogP contribution < -0.4 is 10.3 Å². The number of aliphatic hydroxyl groups is 1. The van der Waals surface area contributed by atoms with E-state index in [0.29, 0.717) is 27.7 Å². The van der Waals surface area contributed by atoms with Crippen LogP contribution in [0.2, 0.25) is 0 Å². The number of aromatic nitrogens is 2. The molecule has 0 fully saturated rings. The van der Waals surface area contributed by atoms with Crippen LogP contribution in [0.3, 0.4) is 0 Å². The van der Waals surface area contributed by atoms with Crippen molar-refractivity contribution in [3.8, 4) is 0 Å². The number of ketones is 1. The average molecular weight is 457 g/mol. The Morgan fingerprint density at radius 3 is 2.65 bits per heavy atom. The van der Waals surface area contributed by atoms with Crippen LogP contribution in [0, 0.1) is 12.3 Å². The molecule has 0 spiro atoms. The maximum atomic E-state index is 13.6. The molecule has 4 aromatic rings. The van der Waals surface area contributed by atoms with Gasteiger partial charge >= 0.3 is 0 Å². The SMILES string of the molecule is Cc1ccc2occ(C3C(C(=O)C(C)(C)C)=C(O)C(=O)N3c3ccc4nc[nH]c4c3)c(=O)c2c1. The van der Waals surface area contributed by atoms with Gasteiger partial charge in [-0.25, -0.2) is 4.98 Å². The molecule has 0 bridgehead atoms. The van der Waals surface area contributed by atoms with Gasteiger partial charge in [-0.2, -0.15) is 0 Å².